The topological polar surface area (TPSA) is 98.5 Å². The lowest BCUT2D eigenvalue weighted by atomic mass is 10.0. The van der Waals surface area contributed by atoms with Gasteiger partial charge in [-0.2, -0.15) is 0 Å². The number of aliphatic carboxylic acids is 1. The van der Waals surface area contributed by atoms with E-state index in [0.29, 0.717) is 10.3 Å². The van der Waals surface area contributed by atoms with Crippen molar-refractivity contribution in [3.05, 3.63) is 47.0 Å². The normalized spacial score (nSPS) is 14.0. The van der Waals surface area contributed by atoms with E-state index in [1.54, 1.807) is 41.2 Å². The number of benzene rings is 1. The van der Waals surface area contributed by atoms with Crippen LogP contribution in [0, 0.1) is 4.77 Å². The third-order valence-electron chi connectivity index (χ3n) is 2.71. The fourth-order valence-electron chi connectivity index (χ4n) is 1.67. The molecule has 1 heterocycles. The second-order valence-corrected chi connectivity index (χ2v) is 4.34. The molecule has 0 saturated carbocycles. The van der Waals surface area contributed by atoms with Crippen LogP contribution in [0.3, 0.4) is 0 Å². The molecular weight excluding hydrogens is 268 g/mol. The van der Waals surface area contributed by atoms with Gasteiger partial charge in [0.2, 0.25) is 0 Å². The zero-order chi connectivity index (χ0) is 14.0. The van der Waals surface area contributed by atoms with Gasteiger partial charge in [-0.25, -0.2) is 4.79 Å². The quantitative estimate of drug-likeness (QED) is 0.627. The Labute approximate surface area is 113 Å². The summed E-state index contributed by atoms with van der Waals surface area (Å²) in [5.74, 6) is -1.47. The molecule has 1 aromatic heterocycles. The van der Waals surface area contributed by atoms with E-state index in [2.05, 4.69) is 4.98 Å². The number of carboxylic acids is 1. The first-order chi connectivity index (χ1) is 9.00. The molecule has 2 unspecified atom stereocenters. The summed E-state index contributed by atoms with van der Waals surface area (Å²) in [7, 11) is 0. The number of hydrogen-bond acceptors (Lipinski definition) is 4. The van der Waals surface area contributed by atoms with Gasteiger partial charge in [0.25, 0.3) is 0 Å². The van der Waals surface area contributed by atoms with Crippen molar-refractivity contribution in [2.45, 2.75) is 12.2 Å². The van der Waals surface area contributed by atoms with E-state index < -0.39 is 18.2 Å². The van der Waals surface area contributed by atoms with Crippen molar-refractivity contribution in [3.8, 4) is 5.69 Å². The lowest BCUT2D eigenvalue weighted by Gasteiger charge is -2.14. The van der Waals surface area contributed by atoms with E-state index in [0.717, 1.165) is 5.69 Å². The summed E-state index contributed by atoms with van der Waals surface area (Å²) in [6.07, 6.45) is 0.130. The molecule has 0 saturated heterocycles. The van der Waals surface area contributed by atoms with Gasteiger partial charge in [0.15, 0.2) is 10.9 Å². The maximum Gasteiger partial charge on any atom is 0.335 e. The van der Waals surface area contributed by atoms with E-state index in [9.17, 15) is 15.0 Å². The summed E-state index contributed by atoms with van der Waals surface area (Å²) < 4.78 is 2.25. The molecule has 2 rings (SSSR count). The zero-order valence-corrected chi connectivity index (χ0v) is 10.5. The SMILES string of the molecule is O=C(O)C(O)C(O)c1ccc(-n2cc[nH]c2=S)cc1. The molecule has 0 amide bonds. The number of nitrogens with zero attached hydrogens (tertiary/aromatic N) is 1. The van der Waals surface area contributed by atoms with E-state index in [-0.39, 0.29) is 0 Å². The van der Waals surface area contributed by atoms with Gasteiger partial charge in [0.1, 0.15) is 6.10 Å². The van der Waals surface area contributed by atoms with Crippen molar-refractivity contribution in [2.75, 3.05) is 0 Å². The number of aliphatic hydroxyl groups excluding tert-OH is 2. The van der Waals surface area contributed by atoms with Crippen LogP contribution >= 0.6 is 12.2 Å². The predicted octanol–water partition coefficient (Wildman–Crippen LogP) is 1.01. The lowest BCUT2D eigenvalue weighted by molar-refractivity contribution is -0.153. The zero-order valence-electron chi connectivity index (χ0n) is 9.72. The molecule has 19 heavy (non-hydrogen) atoms. The molecule has 0 bridgehead atoms. The Kier molecular flexibility index (Phi) is 3.79. The Morgan fingerprint density at radius 1 is 1.26 bits per heavy atom. The van der Waals surface area contributed by atoms with Gasteiger partial charge < -0.3 is 20.3 Å². The second kappa shape index (κ2) is 5.35. The predicted molar refractivity (Wildman–Crippen MR) is 69.6 cm³/mol. The minimum Gasteiger partial charge on any atom is -0.479 e. The van der Waals surface area contributed by atoms with Crippen LogP contribution < -0.4 is 0 Å². The largest absolute Gasteiger partial charge is 0.479 e. The van der Waals surface area contributed by atoms with Crippen molar-refractivity contribution in [1.82, 2.24) is 9.55 Å². The lowest BCUT2D eigenvalue weighted by Crippen LogP contribution is -2.27. The molecule has 0 aliphatic rings. The van der Waals surface area contributed by atoms with E-state index in [4.69, 9.17) is 17.3 Å². The smallest absolute Gasteiger partial charge is 0.335 e. The molecule has 6 nitrogen and oxygen atoms in total. The number of carbonyl (C=O) groups is 1. The summed E-state index contributed by atoms with van der Waals surface area (Å²) in [4.78, 5) is 13.4. The second-order valence-electron chi connectivity index (χ2n) is 3.95. The molecule has 100 valence electrons. The first kappa shape index (κ1) is 13.5. The average molecular weight is 280 g/mol. The summed E-state index contributed by atoms with van der Waals surface area (Å²) in [5, 5.41) is 27.6. The monoisotopic (exact) mass is 280 g/mol. The Hall–Kier alpha value is -1.96. The van der Waals surface area contributed by atoms with Crippen LogP contribution in [0.15, 0.2) is 36.7 Å². The van der Waals surface area contributed by atoms with E-state index in [1.165, 1.54) is 0 Å². The maximum absolute atomic E-state index is 10.6. The van der Waals surface area contributed by atoms with Crippen molar-refractivity contribution in [2.24, 2.45) is 0 Å². The molecule has 2 atom stereocenters. The number of imidazole rings is 1. The average Bonchev–Trinajstić information content (AvgIpc) is 2.83. The molecule has 2 aromatic rings. The first-order valence-electron chi connectivity index (χ1n) is 5.46. The van der Waals surface area contributed by atoms with Crippen molar-refractivity contribution in [3.63, 3.8) is 0 Å². The van der Waals surface area contributed by atoms with Crippen LogP contribution in [0.2, 0.25) is 0 Å². The van der Waals surface area contributed by atoms with Crippen LogP contribution in [0.5, 0.6) is 0 Å². The highest BCUT2D eigenvalue weighted by Crippen LogP contribution is 2.19. The Morgan fingerprint density at radius 3 is 2.37 bits per heavy atom. The minimum absolute atomic E-state index is 0.320. The Morgan fingerprint density at radius 2 is 1.89 bits per heavy atom. The molecule has 1 aromatic carbocycles. The maximum atomic E-state index is 10.6. The van der Waals surface area contributed by atoms with Gasteiger partial charge in [0.05, 0.1) is 0 Å². The van der Waals surface area contributed by atoms with Crippen molar-refractivity contribution >= 4 is 18.2 Å². The molecule has 7 heteroatoms. The first-order valence-corrected chi connectivity index (χ1v) is 5.87. The van der Waals surface area contributed by atoms with E-state index in [1.807, 2.05) is 0 Å². The van der Waals surface area contributed by atoms with Gasteiger partial charge in [-0.3, -0.25) is 4.57 Å². The molecule has 0 aliphatic carbocycles. The fraction of sp³-hybridized carbons (Fsp3) is 0.167. The number of aliphatic hydroxyl groups is 2. The minimum atomic E-state index is -1.85. The van der Waals surface area contributed by atoms with E-state index >= 15 is 0 Å². The van der Waals surface area contributed by atoms with Crippen LogP contribution in [-0.2, 0) is 4.79 Å². The van der Waals surface area contributed by atoms with Crippen LogP contribution in [0.1, 0.15) is 11.7 Å². The molecule has 0 spiro atoms. The number of hydrogen-bond donors (Lipinski definition) is 4. The van der Waals surface area contributed by atoms with Crippen LogP contribution in [-0.4, -0.2) is 36.9 Å². The molecule has 0 fully saturated rings. The Balaban J connectivity index is 2.26. The molecule has 0 radical (unpaired) electrons. The molecule has 0 aliphatic heterocycles. The van der Waals surface area contributed by atoms with Crippen LogP contribution in [0.4, 0.5) is 0 Å². The van der Waals surface area contributed by atoms with Gasteiger partial charge in [-0.1, -0.05) is 12.1 Å². The van der Waals surface area contributed by atoms with Crippen molar-refractivity contribution in [1.29, 1.82) is 0 Å². The number of nitrogens with one attached hydrogen (secondary N) is 1. The highest BCUT2D eigenvalue weighted by molar-refractivity contribution is 7.71. The number of rotatable bonds is 4. The Bertz CT molecular complexity index is 632. The van der Waals surface area contributed by atoms with Crippen molar-refractivity contribution < 1.29 is 20.1 Å². The highest BCUT2D eigenvalue weighted by atomic mass is 32.1. The number of H-pyrrole nitrogens is 1. The van der Waals surface area contributed by atoms with Crippen LogP contribution in [0.25, 0.3) is 5.69 Å². The molecular formula is C12H12N2O4S. The summed E-state index contributed by atoms with van der Waals surface area (Å²) in [5.41, 5.74) is 1.09. The number of aromatic amines is 1. The summed E-state index contributed by atoms with van der Waals surface area (Å²) in [6, 6.07) is 6.44. The number of carboxylic acid groups (broad SMARTS) is 1. The van der Waals surface area contributed by atoms with Gasteiger partial charge in [-0.15, -0.1) is 0 Å². The third kappa shape index (κ3) is 2.73. The summed E-state index contributed by atoms with van der Waals surface area (Å²) >= 11 is 5.07. The summed E-state index contributed by atoms with van der Waals surface area (Å²) in [6.45, 7) is 0. The third-order valence-corrected chi connectivity index (χ3v) is 3.03. The molecule has 4 N–H and O–H groups in total. The standard InChI is InChI=1S/C12H12N2O4S/c15-9(10(16)11(17)18)7-1-3-8(4-2-7)14-6-5-13-12(14)19/h1-6,9-10,15-16H,(H,13,19)(H,17,18). The van der Waals surface area contributed by atoms with Gasteiger partial charge in [0, 0.05) is 18.1 Å². The fourth-order valence-corrected chi connectivity index (χ4v) is 1.91. The highest BCUT2D eigenvalue weighted by Gasteiger charge is 2.24. The number of aromatic nitrogens is 2. The van der Waals surface area contributed by atoms with Gasteiger partial charge >= 0.3 is 5.97 Å². The van der Waals surface area contributed by atoms with Gasteiger partial charge in [-0.05, 0) is 29.9 Å².